The number of anilines is 1. The van der Waals surface area contributed by atoms with Gasteiger partial charge < -0.3 is 10.6 Å². The fourth-order valence-electron chi connectivity index (χ4n) is 2.62. The predicted molar refractivity (Wildman–Crippen MR) is 97.0 cm³/mol. The molecule has 0 saturated heterocycles. The van der Waals surface area contributed by atoms with Crippen molar-refractivity contribution in [3.8, 4) is 11.3 Å². The molecule has 28 heavy (non-hydrogen) atoms. The van der Waals surface area contributed by atoms with Gasteiger partial charge in [0.25, 0.3) is 0 Å². The van der Waals surface area contributed by atoms with E-state index in [-0.39, 0.29) is 11.5 Å². The summed E-state index contributed by atoms with van der Waals surface area (Å²) in [5, 5.41) is 1.26. The normalized spacial score (nSPS) is 20.1. The monoisotopic (exact) mass is 435 g/mol. The van der Waals surface area contributed by atoms with Crippen LogP contribution < -0.4 is 16.5 Å². The van der Waals surface area contributed by atoms with E-state index in [1.807, 2.05) is 0 Å². The van der Waals surface area contributed by atoms with Gasteiger partial charge in [-0.05, 0) is 31.3 Å². The molecule has 4 N–H and O–H groups in total. The van der Waals surface area contributed by atoms with Crippen LogP contribution in [0, 0.1) is 0 Å². The summed E-state index contributed by atoms with van der Waals surface area (Å²) < 4.78 is 38.1. The number of aromatic nitrogens is 1. The topological polar surface area (TPSA) is 97.7 Å². The van der Waals surface area contributed by atoms with Crippen LogP contribution in [0.4, 0.5) is 19.0 Å². The first-order valence-corrected chi connectivity index (χ1v) is 8.54. The molecular weight excluding hydrogens is 422 g/mol. The van der Waals surface area contributed by atoms with Crippen molar-refractivity contribution >= 4 is 35.0 Å². The lowest BCUT2D eigenvalue weighted by Gasteiger charge is -2.42. The number of benzene rings is 1. The Morgan fingerprint density at radius 3 is 2.54 bits per heavy atom. The molecule has 0 aliphatic carbocycles. The number of nitrogens with two attached hydrogens (primary N) is 2. The molecule has 12 heteroatoms. The molecule has 1 aliphatic heterocycles. The Bertz CT molecular complexity index is 928. The Balaban J connectivity index is 2.11. The average Bonchev–Trinajstić information content (AvgIpc) is 2.64. The lowest BCUT2D eigenvalue weighted by atomic mass is 10.1. The molecule has 1 aromatic carbocycles. The number of pyridine rings is 1. The largest absolute Gasteiger partial charge is 0.493 e. The van der Waals surface area contributed by atoms with E-state index in [9.17, 15) is 18.0 Å². The second kappa shape index (κ2) is 7.37. The number of alkyl halides is 3. The summed E-state index contributed by atoms with van der Waals surface area (Å²) in [6, 6.07) is 7.78. The van der Waals surface area contributed by atoms with E-state index in [2.05, 4.69) is 9.82 Å². The van der Waals surface area contributed by atoms with E-state index >= 15 is 0 Å². The fraction of sp³-hybridized carbons (Fsp3) is 0.250. The first-order valence-electron chi connectivity index (χ1n) is 7.78. The van der Waals surface area contributed by atoms with Crippen LogP contribution in [-0.4, -0.2) is 35.4 Å². The van der Waals surface area contributed by atoms with Crippen LogP contribution in [0.2, 0.25) is 10.0 Å². The van der Waals surface area contributed by atoms with Crippen molar-refractivity contribution in [2.45, 2.75) is 18.6 Å². The van der Waals surface area contributed by atoms with Crippen LogP contribution >= 0.6 is 23.2 Å². The van der Waals surface area contributed by atoms with Crippen molar-refractivity contribution in [3.05, 3.63) is 45.9 Å². The summed E-state index contributed by atoms with van der Waals surface area (Å²) >= 11 is 12.2. The zero-order valence-corrected chi connectivity index (χ0v) is 15.8. The molecule has 0 fully saturated rings. The number of hydroxylamine groups is 1. The minimum atomic E-state index is -5.22. The van der Waals surface area contributed by atoms with Gasteiger partial charge in [-0.15, -0.1) is 0 Å². The van der Waals surface area contributed by atoms with Crippen molar-refractivity contribution in [1.82, 2.24) is 9.88 Å². The van der Waals surface area contributed by atoms with Crippen molar-refractivity contribution in [2.24, 2.45) is 11.5 Å². The van der Waals surface area contributed by atoms with Crippen molar-refractivity contribution in [3.63, 3.8) is 0 Å². The molecule has 0 bridgehead atoms. The maximum Gasteiger partial charge on any atom is 0.493 e. The molecule has 150 valence electrons. The van der Waals surface area contributed by atoms with E-state index < -0.39 is 24.6 Å². The van der Waals surface area contributed by atoms with Gasteiger partial charge in [-0.3, -0.25) is 10.6 Å². The summed E-state index contributed by atoms with van der Waals surface area (Å²) in [7, 11) is 1.47. The number of carbonyl (C=O) groups is 1. The van der Waals surface area contributed by atoms with Gasteiger partial charge in [-0.25, -0.2) is 9.78 Å². The summed E-state index contributed by atoms with van der Waals surface area (Å²) in [5.41, 5.74) is 13.0. The maximum absolute atomic E-state index is 12.7. The Labute approximate surface area is 167 Å². The highest BCUT2D eigenvalue weighted by Gasteiger charge is 2.46. The highest BCUT2D eigenvalue weighted by Crippen LogP contribution is 2.37. The highest BCUT2D eigenvalue weighted by molar-refractivity contribution is 6.35. The Kier molecular flexibility index (Phi) is 5.43. The van der Waals surface area contributed by atoms with E-state index in [0.29, 0.717) is 26.2 Å². The smallest absolute Gasteiger partial charge is 0.328 e. The lowest BCUT2D eigenvalue weighted by molar-refractivity contribution is -0.204. The Hall–Kier alpha value is -2.11. The minimum absolute atomic E-state index is 0.135. The highest BCUT2D eigenvalue weighted by atomic mass is 35.5. The third-order valence-corrected chi connectivity index (χ3v) is 4.71. The van der Waals surface area contributed by atoms with Gasteiger partial charge in [0.15, 0.2) is 12.1 Å². The zero-order valence-electron chi connectivity index (χ0n) is 14.2. The molecule has 0 saturated carbocycles. The summed E-state index contributed by atoms with van der Waals surface area (Å²) in [4.78, 5) is 21.5. The summed E-state index contributed by atoms with van der Waals surface area (Å²) in [6.07, 6.45) is -7.31. The van der Waals surface area contributed by atoms with E-state index in [1.54, 1.807) is 24.3 Å². The molecule has 2 aromatic rings. The van der Waals surface area contributed by atoms with E-state index in [4.69, 9.17) is 34.7 Å². The quantitative estimate of drug-likeness (QED) is 0.747. The number of hydrogen-bond donors (Lipinski definition) is 2. The van der Waals surface area contributed by atoms with Gasteiger partial charge in [0, 0.05) is 16.1 Å². The van der Waals surface area contributed by atoms with Crippen LogP contribution in [0.5, 0.6) is 0 Å². The minimum Gasteiger partial charge on any atom is -0.328 e. The molecule has 0 amide bonds. The molecule has 0 spiro atoms. The first kappa shape index (κ1) is 20.6. The maximum atomic E-state index is 12.7. The number of rotatable bonds is 2. The predicted octanol–water partition coefficient (Wildman–Crippen LogP) is 3.03. The molecule has 1 aromatic heterocycles. The van der Waals surface area contributed by atoms with Crippen molar-refractivity contribution in [2.75, 3.05) is 12.1 Å². The number of carbonyl (C=O) groups excluding carboxylic acids is 1. The number of hydrogen-bond acceptors (Lipinski definition) is 7. The third-order valence-electron chi connectivity index (χ3n) is 4.15. The molecule has 3 rings (SSSR count). The molecular formula is C16H14Cl2F3N5O2. The molecule has 2 heterocycles. The van der Waals surface area contributed by atoms with Crippen LogP contribution in [0.1, 0.15) is 11.7 Å². The molecule has 2 unspecified atom stereocenters. The van der Waals surface area contributed by atoms with Gasteiger partial charge in [-0.1, -0.05) is 29.3 Å². The van der Waals surface area contributed by atoms with Gasteiger partial charge in [0.2, 0.25) is 0 Å². The van der Waals surface area contributed by atoms with Gasteiger partial charge in [0.1, 0.15) is 0 Å². The second-order valence-electron chi connectivity index (χ2n) is 5.96. The molecule has 1 aliphatic rings. The fourth-order valence-corrected chi connectivity index (χ4v) is 3.01. The Morgan fingerprint density at radius 1 is 1.21 bits per heavy atom. The first-order chi connectivity index (χ1) is 13.0. The van der Waals surface area contributed by atoms with Crippen LogP contribution in [-0.2, 0) is 9.63 Å². The standard InChI is InChI=1S/C16H14Cl2F3N5O2/c1-25-12(22)8-3-5-11(9-6-7(17)2-4-10(9)18)24-13(8)26(15(25)23)28-14(27)16(19,20)21/h2-6,12,15H,22-23H2,1H3. The van der Waals surface area contributed by atoms with Gasteiger partial charge >= 0.3 is 12.1 Å². The molecule has 2 atom stereocenters. The molecule has 7 nitrogen and oxygen atoms in total. The summed E-state index contributed by atoms with van der Waals surface area (Å²) in [5.74, 6) is -2.57. The number of fused-ring (bicyclic) bond motifs is 1. The molecule has 0 radical (unpaired) electrons. The SMILES string of the molecule is CN1C(N)c2ccc(-c3cc(Cl)ccc3Cl)nc2N(OC(=O)C(F)(F)F)C1N. The van der Waals surface area contributed by atoms with E-state index in [1.165, 1.54) is 18.0 Å². The summed E-state index contributed by atoms with van der Waals surface area (Å²) in [6.45, 7) is 0. The number of nitrogens with zero attached hydrogens (tertiary/aromatic N) is 3. The van der Waals surface area contributed by atoms with Gasteiger partial charge in [0.05, 0.1) is 16.9 Å². The van der Waals surface area contributed by atoms with Crippen molar-refractivity contribution < 1.29 is 22.8 Å². The number of halogens is 5. The van der Waals surface area contributed by atoms with Crippen LogP contribution in [0.25, 0.3) is 11.3 Å². The third kappa shape index (κ3) is 3.74. The average molecular weight is 436 g/mol. The van der Waals surface area contributed by atoms with Crippen LogP contribution in [0.15, 0.2) is 30.3 Å². The van der Waals surface area contributed by atoms with Gasteiger partial charge in [-0.2, -0.15) is 18.2 Å². The Morgan fingerprint density at radius 2 is 1.89 bits per heavy atom. The zero-order chi connectivity index (χ0) is 20.8. The van der Waals surface area contributed by atoms with Crippen molar-refractivity contribution in [1.29, 1.82) is 0 Å². The lowest BCUT2D eigenvalue weighted by Crippen LogP contribution is -2.60. The van der Waals surface area contributed by atoms with Crippen LogP contribution in [0.3, 0.4) is 0 Å². The van der Waals surface area contributed by atoms with E-state index in [0.717, 1.165) is 0 Å². The second-order valence-corrected chi connectivity index (χ2v) is 6.80.